The molecule has 0 fully saturated rings. The van der Waals surface area contributed by atoms with Gasteiger partial charge < -0.3 is 10.2 Å². The van der Waals surface area contributed by atoms with E-state index in [1.165, 1.54) is 5.57 Å². The molecule has 1 aliphatic rings. The Balaban J connectivity index is 2.55. The Labute approximate surface area is 120 Å². The Hall–Kier alpha value is -1.96. The molecule has 2 nitrogen and oxygen atoms in total. The number of aromatic hydroxyl groups is 2. The molecule has 0 spiro atoms. The fraction of sp³-hybridized carbons (Fsp3) is 0.333. The molecule has 0 saturated carbocycles. The summed E-state index contributed by atoms with van der Waals surface area (Å²) in [6.45, 7) is 11.8. The van der Waals surface area contributed by atoms with Gasteiger partial charge in [0, 0.05) is 11.5 Å². The summed E-state index contributed by atoms with van der Waals surface area (Å²) in [4.78, 5) is 0. The zero-order valence-corrected chi connectivity index (χ0v) is 12.2. The minimum absolute atomic E-state index is 0.0138. The van der Waals surface area contributed by atoms with E-state index in [1.54, 1.807) is 18.2 Å². The van der Waals surface area contributed by atoms with E-state index in [0.717, 1.165) is 18.4 Å². The van der Waals surface area contributed by atoms with Crippen LogP contribution in [0.2, 0.25) is 0 Å². The molecule has 1 aromatic carbocycles. The second kappa shape index (κ2) is 5.58. The number of allylic oxidation sites excluding steroid dienone is 3. The van der Waals surface area contributed by atoms with E-state index in [2.05, 4.69) is 26.2 Å². The molecule has 0 aliphatic heterocycles. The summed E-state index contributed by atoms with van der Waals surface area (Å²) in [6.07, 6.45) is 5.80. The standard InChI is InChI=1S/C18H22O2/c1-5-13-9-16(19)18(17(20)10-13)15-8-12(4)6-7-14(15)11(2)3/h5,8-10,14-15,19-20H,1-2,6-7H2,3-4H3/t14-,15+/m0/s1. The molecule has 2 rings (SSSR count). The minimum atomic E-state index is -0.0138. The normalized spacial score (nSPS) is 22.2. The van der Waals surface area contributed by atoms with Gasteiger partial charge in [0.2, 0.25) is 0 Å². The van der Waals surface area contributed by atoms with Crippen molar-refractivity contribution in [3.8, 4) is 11.5 Å². The van der Waals surface area contributed by atoms with Crippen LogP contribution in [0.3, 0.4) is 0 Å². The van der Waals surface area contributed by atoms with Crippen molar-refractivity contribution in [1.82, 2.24) is 0 Å². The summed E-state index contributed by atoms with van der Waals surface area (Å²) >= 11 is 0. The van der Waals surface area contributed by atoms with Gasteiger partial charge in [-0.3, -0.25) is 0 Å². The highest BCUT2D eigenvalue weighted by Gasteiger charge is 2.29. The number of hydrogen-bond acceptors (Lipinski definition) is 2. The third-order valence-electron chi connectivity index (χ3n) is 4.11. The predicted octanol–water partition coefficient (Wildman–Crippen LogP) is 4.76. The minimum Gasteiger partial charge on any atom is -0.507 e. The Morgan fingerprint density at radius 1 is 1.30 bits per heavy atom. The lowest BCUT2D eigenvalue weighted by Crippen LogP contribution is -2.17. The molecule has 0 radical (unpaired) electrons. The molecule has 20 heavy (non-hydrogen) atoms. The molecule has 0 unspecified atom stereocenters. The first kappa shape index (κ1) is 14.4. The van der Waals surface area contributed by atoms with Crippen LogP contribution in [0.5, 0.6) is 11.5 Å². The van der Waals surface area contributed by atoms with Crippen LogP contribution in [-0.2, 0) is 0 Å². The van der Waals surface area contributed by atoms with Gasteiger partial charge in [0.15, 0.2) is 0 Å². The fourth-order valence-corrected chi connectivity index (χ4v) is 3.01. The van der Waals surface area contributed by atoms with Gasteiger partial charge in [-0.2, -0.15) is 0 Å². The lowest BCUT2D eigenvalue weighted by Gasteiger charge is -2.31. The van der Waals surface area contributed by atoms with Crippen LogP contribution in [0.4, 0.5) is 0 Å². The lowest BCUT2D eigenvalue weighted by atomic mass is 9.73. The van der Waals surface area contributed by atoms with E-state index in [1.807, 2.05) is 6.92 Å². The van der Waals surface area contributed by atoms with Crippen molar-refractivity contribution in [3.05, 3.63) is 53.6 Å². The highest BCUT2D eigenvalue weighted by molar-refractivity contribution is 5.59. The van der Waals surface area contributed by atoms with E-state index in [0.29, 0.717) is 11.1 Å². The molecule has 106 valence electrons. The zero-order valence-electron chi connectivity index (χ0n) is 12.2. The molecule has 2 N–H and O–H groups in total. The molecule has 1 aromatic rings. The van der Waals surface area contributed by atoms with Crippen LogP contribution < -0.4 is 0 Å². The van der Waals surface area contributed by atoms with Gasteiger partial charge in [0.05, 0.1) is 0 Å². The van der Waals surface area contributed by atoms with Gasteiger partial charge in [-0.05, 0) is 50.3 Å². The molecule has 0 amide bonds. The van der Waals surface area contributed by atoms with Crippen molar-refractivity contribution in [2.75, 3.05) is 0 Å². The number of phenols is 2. The maximum atomic E-state index is 10.3. The largest absolute Gasteiger partial charge is 0.507 e. The van der Waals surface area contributed by atoms with Crippen LogP contribution in [0.15, 0.2) is 42.5 Å². The summed E-state index contributed by atoms with van der Waals surface area (Å²) in [5.41, 5.74) is 3.69. The van der Waals surface area contributed by atoms with E-state index < -0.39 is 0 Å². The number of hydrogen-bond donors (Lipinski definition) is 2. The quantitative estimate of drug-likeness (QED) is 0.778. The van der Waals surface area contributed by atoms with Crippen molar-refractivity contribution in [2.45, 2.75) is 32.6 Å². The zero-order chi connectivity index (χ0) is 14.9. The Morgan fingerprint density at radius 3 is 2.40 bits per heavy atom. The molecule has 2 atom stereocenters. The number of phenolic OH excluding ortho intramolecular Hbond substituents is 2. The average molecular weight is 270 g/mol. The van der Waals surface area contributed by atoms with E-state index in [4.69, 9.17) is 0 Å². The lowest BCUT2D eigenvalue weighted by molar-refractivity contribution is 0.407. The number of rotatable bonds is 3. The molecule has 0 aromatic heterocycles. The predicted molar refractivity (Wildman–Crippen MR) is 83.9 cm³/mol. The van der Waals surface area contributed by atoms with Crippen LogP contribution in [0.1, 0.15) is 43.7 Å². The molecule has 1 aliphatic carbocycles. The average Bonchev–Trinajstić information content (AvgIpc) is 2.37. The summed E-state index contributed by atoms with van der Waals surface area (Å²) in [5, 5.41) is 20.5. The molecular weight excluding hydrogens is 248 g/mol. The summed E-state index contributed by atoms with van der Waals surface area (Å²) < 4.78 is 0. The van der Waals surface area contributed by atoms with Crippen LogP contribution >= 0.6 is 0 Å². The fourth-order valence-electron chi connectivity index (χ4n) is 3.01. The van der Waals surface area contributed by atoms with Gasteiger partial charge in [0.1, 0.15) is 11.5 Å². The van der Waals surface area contributed by atoms with Gasteiger partial charge in [-0.1, -0.05) is 36.5 Å². The maximum absolute atomic E-state index is 10.3. The van der Waals surface area contributed by atoms with E-state index in [9.17, 15) is 10.2 Å². The third-order valence-corrected chi connectivity index (χ3v) is 4.11. The monoisotopic (exact) mass is 270 g/mol. The van der Waals surface area contributed by atoms with Crippen molar-refractivity contribution in [1.29, 1.82) is 0 Å². The van der Waals surface area contributed by atoms with Gasteiger partial charge in [-0.15, -0.1) is 0 Å². The Kier molecular flexibility index (Phi) is 4.03. The van der Waals surface area contributed by atoms with Crippen LogP contribution in [0, 0.1) is 5.92 Å². The summed E-state index contributed by atoms with van der Waals surface area (Å²) in [6, 6.07) is 3.30. The van der Waals surface area contributed by atoms with E-state index >= 15 is 0 Å². The SMILES string of the molecule is C=Cc1cc(O)c([C@@H]2C=C(C)CC[C@H]2C(=C)C)c(O)c1. The highest BCUT2D eigenvalue weighted by Crippen LogP contribution is 2.46. The number of benzene rings is 1. The third kappa shape index (κ3) is 2.64. The first-order valence-corrected chi connectivity index (χ1v) is 6.95. The molecule has 0 saturated heterocycles. The molecule has 2 heteroatoms. The molecule has 0 bridgehead atoms. The van der Waals surface area contributed by atoms with Crippen molar-refractivity contribution < 1.29 is 10.2 Å². The van der Waals surface area contributed by atoms with E-state index in [-0.39, 0.29) is 23.3 Å². The Bertz CT molecular complexity index is 558. The van der Waals surface area contributed by atoms with Crippen LogP contribution in [-0.4, -0.2) is 10.2 Å². The molecular formula is C18H22O2. The first-order chi connectivity index (χ1) is 9.43. The Morgan fingerprint density at radius 2 is 1.90 bits per heavy atom. The van der Waals surface area contributed by atoms with Crippen molar-refractivity contribution in [3.63, 3.8) is 0 Å². The van der Waals surface area contributed by atoms with Crippen molar-refractivity contribution >= 4 is 6.08 Å². The topological polar surface area (TPSA) is 40.5 Å². The first-order valence-electron chi connectivity index (χ1n) is 6.95. The summed E-state index contributed by atoms with van der Waals surface area (Å²) in [7, 11) is 0. The van der Waals surface area contributed by atoms with Gasteiger partial charge >= 0.3 is 0 Å². The van der Waals surface area contributed by atoms with Crippen molar-refractivity contribution in [2.24, 2.45) is 5.92 Å². The van der Waals surface area contributed by atoms with Crippen LogP contribution in [0.25, 0.3) is 6.08 Å². The second-order valence-electron chi connectivity index (χ2n) is 5.71. The van der Waals surface area contributed by atoms with Gasteiger partial charge in [0.25, 0.3) is 0 Å². The molecule has 0 heterocycles. The summed E-state index contributed by atoms with van der Waals surface area (Å²) in [5.74, 6) is 0.495. The smallest absolute Gasteiger partial charge is 0.123 e. The highest BCUT2D eigenvalue weighted by atomic mass is 16.3. The maximum Gasteiger partial charge on any atom is 0.123 e. The van der Waals surface area contributed by atoms with Gasteiger partial charge in [-0.25, -0.2) is 0 Å². The second-order valence-corrected chi connectivity index (χ2v) is 5.71.